The van der Waals surface area contributed by atoms with E-state index in [1.807, 2.05) is 20.8 Å². The highest BCUT2D eigenvalue weighted by molar-refractivity contribution is 5.74. The van der Waals surface area contributed by atoms with Gasteiger partial charge in [0.25, 0.3) is 0 Å². The van der Waals surface area contributed by atoms with Gasteiger partial charge >= 0.3 is 12.0 Å². The molecule has 0 spiro atoms. The number of hydrogen-bond acceptors (Lipinski definition) is 3. The van der Waals surface area contributed by atoms with Gasteiger partial charge in [-0.3, -0.25) is 4.79 Å². The fraction of sp³-hybridized carbons (Fsp3) is 0.857. The highest BCUT2D eigenvalue weighted by Crippen LogP contribution is 2.07. The third-order valence-electron chi connectivity index (χ3n) is 3.02. The number of urea groups is 1. The van der Waals surface area contributed by atoms with Gasteiger partial charge in [0.1, 0.15) is 0 Å². The predicted octanol–water partition coefficient (Wildman–Crippen LogP) is 1.80. The van der Waals surface area contributed by atoms with E-state index in [-0.39, 0.29) is 18.4 Å². The van der Waals surface area contributed by atoms with E-state index in [0.29, 0.717) is 32.2 Å². The summed E-state index contributed by atoms with van der Waals surface area (Å²) in [7, 11) is 1.60. The first kappa shape index (κ1) is 18.7. The van der Waals surface area contributed by atoms with Crippen molar-refractivity contribution in [3.05, 3.63) is 0 Å². The van der Waals surface area contributed by atoms with E-state index < -0.39 is 5.97 Å². The van der Waals surface area contributed by atoms with Crippen molar-refractivity contribution >= 4 is 12.0 Å². The summed E-state index contributed by atoms with van der Waals surface area (Å²) < 4.78 is 5.00. The van der Waals surface area contributed by atoms with Crippen LogP contribution in [0.4, 0.5) is 4.79 Å². The van der Waals surface area contributed by atoms with Gasteiger partial charge in [0.15, 0.2) is 0 Å². The first-order valence-electron chi connectivity index (χ1n) is 7.14. The van der Waals surface area contributed by atoms with Crippen LogP contribution in [0, 0.1) is 11.8 Å². The quantitative estimate of drug-likeness (QED) is 0.642. The molecule has 0 aromatic rings. The normalized spacial score (nSPS) is 12.2. The summed E-state index contributed by atoms with van der Waals surface area (Å²) in [5.41, 5.74) is 0. The molecule has 0 fully saturated rings. The summed E-state index contributed by atoms with van der Waals surface area (Å²) in [6.07, 6.45) is 0.813. The summed E-state index contributed by atoms with van der Waals surface area (Å²) in [6.45, 7) is 8.10. The number of nitrogens with one attached hydrogen (secondary N) is 1. The molecule has 0 rings (SSSR count). The van der Waals surface area contributed by atoms with E-state index >= 15 is 0 Å². The molecular weight excluding hydrogens is 260 g/mol. The number of carbonyl (C=O) groups is 2. The van der Waals surface area contributed by atoms with Crippen LogP contribution in [-0.4, -0.2) is 55.4 Å². The largest absolute Gasteiger partial charge is 0.481 e. The zero-order valence-electron chi connectivity index (χ0n) is 13.0. The summed E-state index contributed by atoms with van der Waals surface area (Å²) in [6, 6.07) is -0.153. The summed E-state index contributed by atoms with van der Waals surface area (Å²) >= 11 is 0. The van der Waals surface area contributed by atoms with Crippen LogP contribution in [0.15, 0.2) is 0 Å². The van der Waals surface area contributed by atoms with Crippen molar-refractivity contribution in [2.45, 2.75) is 33.6 Å². The minimum Gasteiger partial charge on any atom is -0.481 e. The van der Waals surface area contributed by atoms with Crippen molar-refractivity contribution in [1.29, 1.82) is 0 Å². The van der Waals surface area contributed by atoms with Gasteiger partial charge in [-0.2, -0.15) is 0 Å². The third kappa shape index (κ3) is 8.74. The number of carboxylic acid groups (broad SMARTS) is 1. The lowest BCUT2D eigenvalue weighted by Crippen LogP contribution is -2.45. The number of hydrogen-bond donors (Lipinski definition) is 2. The molecular formula is C14H28N2O4. The van der Waals surface area contributed by atoms with Gasteiger partial charge in [-0.05, 0) is 11.8 Å². The SMILES string of the molecule is CCC(CNC(=O)N(CCOC)CC(C)C)CC(=O)O. The Labute approximate surface area is 121 Å². The molecule has 1 unspecified atom stereocenters. The Balaban J connectivity index is 4.31. The number of ether oxygens (including phenoxy) is 1. The molecule has 1 atom stereocenters. The number of nitrogens with zero attached hydrogens (tertiary/aromatic N) is 1. The summed E-state index contributed by atoms with van der Waals surface area (Å²) in [4.78, 5) is 24.5. The van der Waals surface area contributed by atoms with Gasteiger partial charge in [0, 0.05) is 33.2 Å². The van der Waals surface area contributed by atoms with Gasteiger partial charge in [-0.25, -0.2) is 4.79 Å². The van der Waals surface area contributed by atoms with Gasteiger partial charge in [-0.15, -0.1) is 0 Å². The molecule has 6 heteroatoms. The van der Waals surface area contributed by atoms with Crippen molar-refractivity contribution in [3.8, 4) is 0 Å². The Morgan fingerprint density at radius 2 is 2.00 bits per heavy atom. The lowest BCUT2D eigenvalue weighted by Gasteiger charge is -2.25. The Bertz CT molecular complexity index is 295. The van der Waals surface area contributed by atoms with Crippen LogP contribution in [-0.2, 0) is 9.53 Å². The Kier molecular flexibility index (Phi) is 9.80. The number of aliphatic carboxylic acids is 1. The Hall–Kier alpha value is -1.30. The predicted molar refractivity (Wildman–Crippen MR) is 77.7 cm³/mol. The van der Waals surface area contributed by atoms with Crippen LogP contribution < -0.4 is 5.32 Å². The van der Waals surface area contributed by atoms with Gasteiger partial charge in [-0.1, -0.05) is 27.2 Å². The first-order chi connectivity index (χ1) is 9.40. The summed E-state index contributed by atoms with van der Waals surface area (Å²) in [5.74, 6) is -0.483. The number of carboxylic acids is 1. The van der Waals surface area contributed by atoms with Crippen LogP contribution in [0.3, 0.4) is 0 Å². The van der Waals surface area contributed by atoms with Crippen LogP contribution in [0.1, 0.15) is 33.6 Å². The maximum absolute atomic E-state index is 12.1. The van der Waals surface area contributed by atoms with E-state index in [1.165, 1.54) is 0 Å². The molecule has 0 aliphatic rings. The van der Waals surface area contributed by atoms with E-state index in [9.17, 15) is 9.59 Å². The van der Waals surface area contributed by atoms with Gasteiger partial charge in [0.05, 0.1) is 6.61 Å². The average Bonchev–Trinajstić information content (AvgIpc) is 2.38. The lowest BCUT2D eigenvalue weighted by molar-refractivity contribution is -0.138. The standard InChI is InChI=1S/C14H28N2O4/c1-5-12(8-13(17)18)9-15-14(19)16(6-7-20-4)10-11(2)3/h11-12H,5-10H2,1-4H3,(H,15,19)(H,17,18). The smallest absolute Gasteiger partial charge is 0.317 e. The molecule has 118 valence electrons. The molecule has 0 aliphatic carbocycles. The van der Waals surface area contributed by atoms with Crippen molar-refractivity contribution in [3.63, 3.8) is 0 Å². The highest BCUT2D eigenvalue weighted by atomic mass is 16.5. The van der Waals surface area contributed by atoms with Crippen molar-refractivity contribution in [2.24, 2.45) is 11.8 Å². The fourth-order valence-electron chi connectivity index (χ4n) is 1.87. The minimum atomic E-state index is -0.829. The Morgan fingerprint density at radius 1 is 1.35 bits per heavy atom. The molecule has 20 heavy (non-hydrogen) atoms. The fourth-order valence-corrected chi connectivity index (χ4v) is 1.87. The second kappa shape index (κ2) is 10.5. The molecule has 0 aromatic heterocycles. The van der Waals surface area contributed by atoms with Crippen LogP contribution in [0.2, 0.25) is 0 Å². The average molecular weight is 288 g/mol. The van der Waals surface area contributed by atoms with E-state index in [0.717, 1.165) is 6.42 Å². The molecule has 0 heterocycles. The van der Waals surface area contributed by atoms with Crippen LogP contribution in [0.5, 0.6) is 0 Å². The third-order valence-corrected chi connectivity index (χ3v) is 3.02. The second-order valence-electron chi connectivity index (χ2n) is 5.39. The molecule has 0 radical (unpaired) electrons. The van der Waals surface area contributed by atoms with E-state index in [1.54, 1.807) is 12.0 Å². The number of carbonyl (C=O) groups excluding carboxylic acids is 1. The Morgan fingerprint density at radius 3 is 2.45 bits per heavy atom. The van der Waals surface area contributed by atoms with Crippen LogP contribution in [0.25, 0.3) is 0 Å². The molecule has 0 aliphatic heterocycles. The number of rotatable bonds is 10. The van der Waals surface area contributed by atoms with Crippen molar-refractivity contribution in [1.82, 2.24) is 10.2 Å². The molecule has 0 bridgehead atoms. The summed E-state index contributed by atoms with van der Waals surface area (Å²) in [5, 5.41) is 11.6. The van der Waals surface area contributed by atoms with Crippen LogP contribution >= 0.6 is 0 Å². The lowest BCUT2D eigenvalue weighted by atomic mass is 10.0. The number of methoxy groups -OCH3 is 1. The second-order valence-corrected chi connectivity index (χ2v) is 5.39. The molecule has 0 saturated heterocycles. The van der Waals surface area contributed by atoms with Crippen molar-refractivity contribution < 1.29 is 19.4 Å². The maximum Gasteiger partial charge on any atom is 0.317 e. The molecule has 2 N–H and O–H groups in total. The topological polar surface area (TPSA) is 78.9 Å². The minimum absolute atomic E-state index is 0.0280. The zero-order valence-corrected chi connectivity index (χ0v) is 13.0. The molecule has 6 nitrogen and oxygen atoms in total. The zero-order chi connectivity index (χ0) is 15.5. The van der Waals surface area contributed by atoms with Crippen molar-refractivity contribution in [2.75, 3.05) is 33.4 Å². The number of amides is 2. The maximum atomic E-state index is 12.1. The van der Waals surface area contributed by atoms with E-state index in [2.05, 4.69) is 5.32 Å². The molecule has 2 amide bonds. The highest BCUT2D eigenvalue weighted by Gasteiger charge is 2.17. The van der Waals surface area contributed by atoms with Gasteiger partial charge in [0.2, 0.25) is 0 Å². The first-order valence-corrected chi connectivity index (χ1v) is 7.14. The monoisotopic (exact) mass is 288 g/mol. The van der Waals surface area contributed by atoms with E-state index in [4.69, 9.17) is 9.84 Å². The molecule has 0 saturated carbocycles. The van der Waals surface area contributed by atoms with Gasteiger partial charge < -0.3 is 20.1 Å². The molecule has 0 aromatic carbocycles.